The van der Waals surface area contributed by atoms with Crippen molar-refractivity contribution >= 4 is 17.7 Å². The Morgan fingerprint density at radius 3 is 2.75 bits per heavy atom. The molecule has 0 bridgehead atoms. The molecule has 24 heavy (non-hydrogen) atoms. The van der Waals surface area contributed by atoms with Crippen LogP contribution in [0.4, 0.5) is 0 Å². The first kappa shape index (κ1) is 18.3. The number of aromatic nitrogens is 3. The van der Waals surface area contributed by atoms with Gasteiger partial charge in [-0.1, -0.05) is 29.5 Å². The van der Waals surface area contributed by atoms with Gasteiger partial charge in [-0.25, -0.2) is 0 Å². The minimum absolute atomic E-state index is 0.214. The maximum Gasteiger partial charge on any atom is 0.316 e. The fraction of sp³-hybridized carbons (Fsp3) is 0.471. The number of hydrogen-bond acceptors (Lipinski definition) is 6. The lowest BCUT2D eigenvalue weighted by molar-refractivity contribution is -0.139. The van der Waals surface area contributed by atoms with E-state index in [1.54, 1.807) is 6.92 Å². The Kier molecular flexibility index (Phi) is 6.25. The summed E-state index contributed by atoms with van der Waals surface area (Å²) in [5, 5.41) is 8.99. The summed E-state index contributed by atoms with van der Waals surface area (Å²) in [6.07, 6.45) is -0.249. The van der Waals surface area contributed by atoms with Gasteiger partial charge in [0.2, 0.25) is 0 Å². The van der Waals surface area contributed by atoms with Gasteiger partial charge in [-0.3, -0.25) is 4.79 Å². The van der Waals surface area contributed by atoms with Crippen LogP contribution in [-0.4, -0.2) is 33.1 Å². The zero-order valence-corrected chi connectivity index (χ0v) is 15.5. The van der Waals surface area contributed by atoms with Gasteiger partial charge in [-0.2, -0.15) is 0 Å². The molecule has 0 fully saturated rings. The van der Waals surface area contributed by atoms with E-state index in [9.17, 15) is 4.79 Å². The van der Waals surface area contributed by atoms with Crippen molar-refractivity contribution in [2.24, 2.45) is 7.05 Å². The topological polar surface area (TPSA) is 66.2 Å². The summed E-state index contributed by atoms with van der Waals surface area (Å²) in [5.74, 6) is 1.50. The molecule has 7 heteroatoms. The number of hydrogen-bond donors (Lipinski definition) is 0. The van der Waals surface area contributed by atoms with Gasteiger partial charge in [0.25, 0.3) is 0 Å². The van der Waals surface area contributed by atoms with Crippen molar-refractivity contribution in [3.63, 3.8) is 0 Å². The van der Waals surface area contributed by atoms with Gasteiger partial charge >= 0.3 is 5.97 Å². The summed E-state index contributed by atoms with van der Waals surface area (Å²) in [5.41, 5.74) is 2.28. The van der Waals surface area contributed by atoms with Gasteiger partial charge in [-0.15, -0.1) is 10.2 Å². The third kappa shape index (κ3) is 4.50. The first-order valence-electron chi connectivity index (χ1n) is 7.84. The van der Waals surface area contributed by atoms with E-state index < -0.39 is 0 Å². The molecule has 1 unspecified atom stereocenters. The molecule has 1 aromatic heterocycles. The van der Waals surface area contributed by atoms with Crippen molar-refractivity contribution in [3.8, 4) is 5.75 Å². The highest BCUT2D eigenvalue weighted by atomic mass is 32.2. The first-order chi connectivity index (χ1) is 11.4. The molecule has 2 aromatic rings. The minimum atomic E-state index is -0.258. The van der Waals surface area contributed by atoms with Crippen molar-refractivity contribution in [1.29, 1.82) is 0 Å². The van der Waals surface area contributed by atoms with Gasteiger partial charge in [0.15, 0.2) is 17.1 Å². The summed E-state index contributed by atoms with van der Waals surface area (Å²) >= 11 is 1.30. The molecule has 0 aliphatic carbocycles. The van der Waals surface area contributed by atoms with Crippen LogP contribution in [0.2, 0.25) is 0 Å². The number of carbonyl (C=O) groups excluding carboxylic acids is 1. The molecule has 0 radical (unpaired) electrons. The number of esters is 1. The lowest BCUT2D eigenvalue weighted by Crippen LogP contribution is -2.11. The summed E-state index contributed by atoms with van der Waals surface area (Å²) in [6.45, 7) is 8.17. The Hall–Kier alpha value is -2.02. The van der Waals surface area contributed by atoms with Crippen LogP contribution in [0.5, 0.6) is 5.75 Å². The maximum absolute atomic E-state index is 11.4. The van der Waals surface area contributed by atoms with Crippen molar-refractivity contribution in [2.75, 3.05) is 12.4 Å². The summed E-state index contributed by atoms with van der Waals surface area (Å²) in [7, 11) is 1.87. The number of nitrogens with zero attached hydrogens (tertiary/aromatic N) is 3. The molecule has 130 valence electrons. The number of carbonyl (C=O) groups is 1. The molecule has 0 saturated carbocycles. The van der Waals surface area contributed by atoms with Crippen LogP contribution in [0.15, 0.2) is 23.4 Å². The molecular weight excluding hydrogens is 326 g/mol. The third-order valence-corrected chi connectivity index (χ3v) is 4.48. The van der Waals surface area contributed by atoms with E-state index in [1.807, 2.05) is 37.6 Å². The lowest BCUT2D eigenvalue weighted by Gasteiger charge is -2.16. The van der Waals surface area contributed by atoms with E-state index in [2.05, 4.69) is 23.2 Å². The molecule has 6 nitrogen and oxygen atoms in total. The molecule has 0 aliphatic rings. The summed E-state index contributed by atoms with van der Waals surface area (Å²) in [4.78, 5) is 11.4. The SMILES string of the molecule is CCOC(=O)CSc1nnc(C(C)Oc2ccc(C)cc2C)n1C. The first-order valence-corrected chi connectivity index (χ1v) is 8.82. The van der Waals surface area contributed by atoms with Crippen LogP contribution < -0.4 is 4.74 Å². The number of benzene rings is 1. The van der Waals surface area contributed by atoms with Crippen molar-refractivity contribution < 1.29 is 14.3 Å². The quantitative estimate of drug-likeness (QED) is 0.565. The van der Waals surface area contributed by atoms with Gasteiger partial charge in [0.1, 0.15) is 5.75 Å². The number of rotatable bonds is 7. The van der Waals surface area contributed by atoms with E-state index in [-0.39, 0.29) is 17.8 Å². The van der Waals surface area contributed by atoms with Gasteiger partial charge in [0.05, 0.1) is 12.4 Å². The molecule has 0 spiro atoms. The van der Waals surface area contributed by atoms with E-state index >= 15 is 0 Å². The van der Waals surface area contributed by atoms with E-state index in [4.69, 9.17) is 9.47 Å². The molecule has 2 rings (SSSR count). The van der Waals surface area contributed by atoms with Crippen LogP contribution in [0.1, 0.15) is 36.9 Å². The molecule has 1 heterocycles. The fourth-order valence-corrected chi connectivity index (χ4v) is 3.02. The monoisotopic (exact) mass is 349 g/mol. The highest BCUT2D eigenvalue weighted by Crippen LogP contribution is 2.26. The third-order valence-electron chi connectivity index (χ3n) is 3.49. The van der Waals surface area contributed by atoms with Crippen LogP contribution in [-0.2, 0) is 16.6 Å². The Balaban J connectivity index is 2.05. The average molecular weight is 349 g/mol. The molecule has 1 aromatic carbocycles. The van der Waals surface area contributed by atoms with Crippen LogP contribution in [0, 0.1) is 13.8 Å². The van der Waals surface area contributed by atoms with Crippen molar-refractivity contribution in [3.05, 3.63) is 35.2 Å². The van der Waals surface area contributed by atoms with Crippen LogP contribution in [0.25, 0.3) is 0 Å². The molecular formula is C17H23N3O3S. The Morgan fingerprint density at radius 1 is 1.33 bits per heavy atom. The predicted molar refractivity (Wildman–Crippen MR) is 93.3 cm³/mol. The molecule has 0 N–H and O–H groups in total. The van der Waals surface area contributed by atoms with Crippen molar-refractivity contribution in [2.45, 2.75) is 39.0 Å². The molecule has 0 amide bonds. The molecule has 0 saturated heterocycles. The summed E-state index contributed by atoms with van der Waals surface area (Å²) in [6, 6.07) is 6.07. The van der Waals surface area contributed by atoms with Crippen LogP contribution >= 0.6 is 11.8 Å². The van der Waals surface area contributed by atoms with Gasteiger partial charge in [-0.05, 0) is 39.3 Å². The van der Waals surface area contributed by atoms with E-state index in [0.29, 0.717) is 17.6 Å². The highest BCUT2D eigenvalue weighted by Gasteiger charge is 2.18. The molecule has 1 atom stereocenters. The van der Waals surface area contributed by atoms with Gasteiger partial charge in [0, 0.05) is 7.05 Å². The van der Waals surface area contributed by atoms with E-state index in [1.165, 1.54) is 17.3 Å². The number of thioether (sulfide) groups is 1. The lowest BCUT2D eigenvalue weighted by atomic mass is 10.1. The standard InChI is InChI=1S/C17H23N3O3S/c1-6-22-15(21)10-24-17-19-18-16(20(17)5)13(4)23-14-8-7-11(2)9-12(14)3/h7-9,13H,6,10H2,1-5H3. The van der Waals surface area contributed by atoms with Crippen LogP contribution in [0.3, 0.4) is 0 Å². The fourth-order valence-electron chi connectivity index (χ4n) is 2.31. The summed E-state index contributed by atoms with van der Waals surface area (Å²) < 4.78 is 12.8. The average Bonchev–Trinajstić information content (AvgIpc) is 2.89. The Labute approximate surface area is 146 Å². The second-order valence-electron chi connectivity index (χ2n) is 5.52. The van der Waals surface area contributed by atoms with Crippen molar-refractivity contribution in [1.82, 2.24) is 14.8 Å². The van der Waals surface area contributed by atoms with E-state index in [0.717, 1.165) is 11.3 Å². The second-order valence-corrected chi connectivity index (χ2v) is 6.47. The number of ether oxygens (including phenoxy) is 2. The largest absolute Gasteiger partial charge is 0.482 e. The second kappa shape index (κ2) is 8.19. The zero-order chi connectivity index (χ0) is 17.7. The normalized spacial score (nSPS) is 12.0. The minimum Gasteiger partial charge on any atom is -0.482 e. The Morgan fingerprint density at radius 2 is 2.08 bits per heavy atom. The zero-order valence-electron chi connectivity index (χ0n) is 14.7. The smallest absolute Gasteiger partial charge is 0.316 e. The van der Waals surface area contributed by atoms with Gasteiger partial charge < -0.3 is 14.0 Å². The predicted octanol–water partition coefficient (Wildman–Crippen LogP) is 3.23. The highest BCUT2D eigenvalue weighted by molar-refractivity contribution is 7.99. The number of aryl methyl sites for hydroxylation is 2. The Bertz CT molecular complexity index is 715. The molecule has 0 aliphatic heterocycles. The maximum atomic E-state index is 11.4.